The molecule has 0 spiro atoms. The van der Waals surface area contributed by atoms with E-state index < -0.39 is 36.3 Å². The van der Waals surface area contributed by atoms with E-state index in [-0.39, 0.29) is 50.8 Å². The number of halogens is 6. The van der Waals surface area contributed by atoms with Gasteiger partial charge in [0.15, 0.2) is 11.5 Å². The summed E-state index contributed by atoms with van der Waals surface area (Å²) in [7, 11) is 0. The van der Waals surface area contributed by atoms with E-state index in [4.69, 9.17) is 17.3 Å². The number of phenols is 1. The Morgan fingerprint density at radius 3 is 2.61 bits per heavy atom. The normalized spacial score (nSPS) is 17.6. The van der Waals surface area contributed by atoms with E-state index in [0.29, 0.717) is 5.56 Å². The SMILES string of the molecule is C[C@@]1(c2ccc(Cl)c(O)c2)C(=O)Nc2nc(-c3cn4ncnc4c(CCC(F)(F)C(F)(F)F)n3)nc(N)c21. The van der Waals surface area contributed by atoms with Crippen molar-refractivity contribution in [2.24, 2.45) is 0 Å². The van der Waals surface area contributed by atoms with Crippen LogP contribution in [0, 0.1) is 0 Å². The van der Waals surface area contributed by atoms with Gasteiger partial charge in [0.1, 0.15) is 34.8 Å². The third-order valence-electron chi connectivity index (χ3n) is 6.30. The van der Waals surface area contributed by atoms with Gasteiger partial charge in [0, 0.05) is 6.42 Å². The number of phenolic OH excluding ortho intramolecular Hbond substituents is 1. The molecule has 5 rings (SSSR count). The Balaban J connectivity index is 1.57. The molecule has 10 nitrogen and oxygen atoms in total. The average Bonchev–Trinajstić information content (AvgIpc) is 3.41. The van der Waals surface area contributed by atoms with Crippen LogP contribution in [0.3, 0.4) is 0 Å². The maximum Gasteiger partial charge on any atom is 0.453 e. The Labute approximate surface area is 214 Å². The Morgan fingerprint density at radius 1 is 1.18 bits per heavy atom. The van der Waals surface area contributed by atoms with Crippen molar-refractivity contribution in [2.75, 3.05) is 11.1 Å². The Hall–Kier alpha value is -4.14. The van der Waals surface area contributed by atoms with Crippen molar-refractivity contribution in [1.29, 1.82) is 0 Å². The largest absolute Gasteiger partial charge is 0.506 e. The summed E-state index contributed by atoms with van der Waals surface area (Å²) >= 11 is 5.89. The second kappa shape index (κ2) is 8.44. The zero-order valence-electron chi connectivity index (χ0n) is 19.2. The van der Waals surface area contributed by atoms with Crippen molar-refractivity contribution in [1.82, 2.24) is 29.5 Å². The molecular weight excluding hydrogens is 539 g/mol. The number of nitrogen functional groups attached to an aromatic ring is 1. The highest BCUT2D eigenvalue weighted by atomic mass is 35.5. The highest BCUT2D eigenvalue weighted by Gasteiger charge is 2.56. The minimum atomic E-state index is -5.72. The lowest BCUT2D eigenvalue weighted by Gasteiger charge is -2.23. The molecule has 4 heterocycles. The van der Waals surface area contributed by atoms with Gasteiger partial charge in [0.25, 0.3) is 0 Å². The van der Waals surface area contributed by atoms with Crippen molar-refractivity contribution < 1.29 is 31.9 Å². The van der Waals surface area contributed by atoms with Crippen LogP contribution in [0.1, 0.15) is 30.2 Å². The van der Waals surface area contributed by atoms with Gasteiger partial charge >= 0.3 is 12.1 Å². The molecule has 0 saturated heterocycles. The number of rotatable bonds is 5. The number of aryl methyl sites for hydroxylation is 1. The second-order valence-electron chi connectivity index (χ2n) is 8.70. The molecule has 1 atom stereocenters. The lowest BCUT2D eigenvalue weighted by molar-refractivity contribution is -0.284. The van der Waals surface area contributed by atoms with Crippen LogP contribution in [-0.2, 0) is 16.6 Å². The van der Waals surface area contributed by atoms with E-state index >= 15 is 0 Å². The molecule has 0 unspecified atom stereocenters. The van der Waals surface area contributed by atoms with Gasteiger partial charge in [0.05, 0.1) is 22.5 Å². The first kappa shape index (κ1) is 25.5. The lowest BCUT2D eigenvalue weighted by atomic mass is 9.77. The molecule has 0 radical (unpaired) electrons. The van der Waals surface area contributed by atoms with Crippen LogP contribution in [0.15, 0.2) is 30.7 Å². The van der Waals surface area contributed by atoms with E-state index in [9.17, 15) is 31.9 Å². The molecule has 16 heteroatoms. The summed E-state index contributed by atoms with van der Waals surface area (Å²) in [6.07, 6.45) is -5.69. The predicted octanol–water partition coefficient (Wildman–Crippen LogP) is 3.91. The second-order valence-corrected chi connectivity index (χ2v) is 9.11. The first-order chi connectivity index (χ1) is 17.7. The number of nitrogens with two attached hydrogens (primary N) is 1. The molecule has 38 heavy (non-hydrogen) atoms. The van der Waals surface area contributed by atoms with Crippen LogP contribution < -0.4 is 11.1 Å². The molecular formula is C22H16ClF5N8O2. The smallest absolute Gasteiger partial charge is 0.453 e. The molecule has 198 valence electrons. The molecule has 4 aromatic rings. The minimum absolute atomic E-state index is 0.0238. The van der Waals surface area contributed by atoms with E-state index in [0.717, 1.165) is 10.8 Å². The topological polar surface area (TPSA) is 144 Å². The third kappa shape index (κ3) is 3.93. The molecule has 1 aliphatic heterocycles. The number of benzene rings is 1. The fraction of sp³-hybridized carbons (Fsp3) is 0.273. The molecule has 1 amide bonds. The van der Waals surface area contributed by atoms with Crippen LogP contribution in [0.25, 0.3) is 17.2 Å². The van der Waals surface area contributed by atoms with Crippen LogP contribution in [0.4, 0.5) is 33.6 Å². The summed E-state index contributed by atoms with van der Waals surface area (Å²) in [5, 5.41) is 16.6. The van der Waals surface area contributed by atoms with E-state index in [2.05, 4.69) is 30.4 Å². The molecule has 4 N–H and O–H groups in total. The van der Waals surface area contributed by atoms with Gasteiger partial charge < -0.3 is 16.2 Å². The zero-order chi connectivity index (χ0) is 27.6. The van der Waals surface area contributed by atoms with E-state index in [1.54, 1.807) is 6.92 Å². The monoisotopic (exact) mass is 554 g/mol. The number of carbonyl (C=O) groups is 1. The van der Waals surface area contributed by atoms with Crippen LogP contribution in [0.5, 0.6) is 5.75 Å². The number of nitrogens with zero attached hydrogens (tertiary/aromatic N) is 6. The highest BCUT2D eigenvalue weighted by molar-refractivity contribution is 6.32. The number of hydrogen-bond acceptors (Lipinski definition) is 8. The summed E-state index contributed by atoms with van der Waals surface area (Å²) < 4.78 is 66.3. The van der Waals surface area contributed by atoms with Gasteiger partial charge in [-0.05, 0) is 31.0 Å². The minimum Gasteiger partial charge on any atom is -0.506 e. The first-order valence-electron chi connectivity index (χ1n) is 10.8. The first-order valence-corrected chi connectivity index (χ1v) is 11.2. The van der Waals surface area contributed by atoms with Crippen LogP contribution >= 0.6 is 11.6 Å². The third-order valence-corrected chi connectivity index (χ3v) is 6.62. The van der Waals surface area contributed by atoms with Crippen molar-refractivity contribution in [2.45, 2.75) is 37.3 Å². The number of fused-ring (bicyclic) bond motifs is 2. The number of aromatic hydroxyl groups is 1. The number of hydrogen-bond donors (Lipinski definition) is 3. The number of alkyl halides is 5. The molecule has 0 saturated carbocycles. The Morgan fingerprint density at radius 2 is 1.92 bits per heavy atom. The predicted molar refractivity (Wildman–Crippen MR) is 124 cm³/mol. The molecule has 0 fully saturated rings. The standard InChI is InChI=1S/C22H16ClF5N8O2/c1-20(9-2-3-10(23)13(37)6-9)14-15(29)33-16(34-17(14)35-19(20)38)12-7-36-18(30-8-31-36)11(32-12)4-5-21(24,25)22(26,27)28/h2-3,6-8,37H,4-5H2,1H3,(H3,29,33,34,35,38)/t20-/m0/s1. The molecule has 3 aromatic heterocycles. The van der Waals surface area contributed by atoms with Crippen LogP contribution in [0.2, 0.25) is 5.02 Å². The zero-order valence-corrected chi connectivity index (χ0v) is 19.9. The van der Waals surface area contributed by atoms with Crippen molar-refractivity contribution >= 4 is 34.8 Å². The lowest BCUT2D eigenvalue weighted by Crippen LogP contribution is -2.36. The van der Waals surface area contributed by atoms with Gasteiger partial charge in [-0.2, -0.15) is 27.1 Å². The number of aromatic nitrogens is 6. The van der Waals surface area contributed by atoms with Gasteiger partial charge in [-0.25, -0.2) is 24.5 Å². The number of nitrogens with one attached hydrogen (secondary N) is 1. The Bertz CT molecular complexity index is 1610. The number of amides is 1. The molecule has 1 aliphatic rings. The molecule has 0 bridgehead atoms. The molecule has 1 aromatic carbocycles. The quantitative estimate of drug-likeness (QED) is 0.315. The Kier molecular flexibility index (Phi) is 5.67. The fourth-order valence-electron chi connectivity index (χ4n) is 4.21. The summed E-state index contributed by atoms with van der Waals surface area (Å²) in [5.41, 5.74) is 5.11. The number of anilines is 2. The van der Waals surface area contributed by atoms with Gasteiger partial charge in [-0.1, -0.05) is 17.7 Å². The summed E-state index contributed by atoms with van der Waals surface area (Å²) in [6, 6.07) is 4.26. The highest BCUT2D eigenvalue weighted by Crippen LogP contribution is 2.46. The van der Waals surface area contributed by atoms with Crippen LogP contribution in [-0.4, -0.2) is 52.7 Å². The maximum absolute atomic E-state index is 13.6. The fourth-order valence-corrected chi connectivity index (χ4v) is 4.32. The summed E-state index contributed by atoms with van der Waals surface area (Å²) in [5.74, 6) is -5.98. The van der Waals surface area contributed by atoms with Crippen molar-refractivity contribution in [3.63, 3.8) is 0 Å². The van der Waals surface area contributed by atoms with E-state index in [1.807, 2.05) is 0 Å². The maximum atomic E-state index is 13.6. The van der Waals surface area contributed by atoms with Gasteiger partial charge in [-0.15, -0.1) is 0 Å². The van der Waals surface area contributed by atoms with E-state index in [1.165, 1.54) is 24.4 Å². The molecule has 0 aliphatic carbocycles. The van der Waals surface area contributed by atoms with Gasteiger partial charge in [0.2, 0.25) is 5.91 Å². The van der Waals surface area contributed by atoms with Gasteiger partial charge in [-0.3, -0.25) is 4.79 Å². The van der Waals surface area contributed by atoms with Crippen molar-refractivity contribution in [3.8, 4) is 17.3 Å². The summed E-state index contributed by atoms with van der Waals surface area (Å²) in [4.78, 5) is 29.6. The number of carbonyl (C=O) groups excluding carboxylic acids is 1. The van der Waals surface area contributed by atoms with Crippen molar-refractivity contribution in [3.05, 3.63) is 52.6 Å². The summed E-state index contributed by atoms with van der Waals surface area (Å²) in [6.45, 7) is 1.55. The average molecular weight is 555 g/mol.